The summed E-state index contributed by atoms with van der Waals surface area (Å²) in [5.74, 6) is 2.39. The van der Waals surface area contributed by atoms with Gasteiger partial charge in [-0.25, -0.2) is 0 Å². The molecule has 0 unspecified atom stereocenters. The number of hydrogen-bond donors (Lipinski definition) is 1. The van der Waals surface area contributed by atoms with E-state index in [9.17, 15) is 4.79 Å². The Kier molecular flexibility index (Phi) is 5.06. The maximum Gasteiger partial charge on any atom is 0.277 e. The lowest BCUT2D eigenvalue weighted by atomic mass is 10.1. The van der Waals surface area contributed by atoms with Crippen molar-refractivity contribution >= 4 is 11.6 Å². The number of fused-ring (bicyclic) bond motifs is 1. The minimum Gasteiger partial charge on any atom is -0.486 e. The Bertz CT molecular complexity index is 1280. The lowest BCUT2D eigenvalue weighted by Crippen LogP contribution is -2.15. The summed E-state index contributed by atoms with van der Waals surface area (Å²) in [5.41, 5.74) is 2.02. The van der Waals surface area contributed by atoms with Gasteiger partial charge in [0.25, 0.3) is 11.8 Å². The highest BCUT2D eigenvalue weighted by Crippen LogP contribution is 2.35. The molecule has 1 aliphatic rings. The number of rotatable bonds is 5. The van der Waals surface area contributed by atoms with Crippen molar-refractivity contribution in [1.29, 1.82) is 0 Å². The molecule has 3 heterocycles. The number of hydrogen-bond acceptors (Lipinski definition) is 8. The third kappa shape index (κ3) is 3.80. The van der Waals surface area contributed by atoms with Crippen LogP contribution in [0.25, 0.3) is 22.8 Å². The molecular formula is C23H20N4O5. The van der Waals surface area contributed by atoms with Crippen LogP contribution >= 0.6 is 0 Å². The molecule has 2 aromatic heterocycles. The van der Waals surface area contributed by atoms with Gasteiger partial charge in [-0.3, -0.25) is 4.79 Å². The number of aromatic nitrogens is 3. The largest absolute Gasteiger partial charge is 0.486 e. The first-order chi connectivity index (χ1) is 15.6. The molecule has 0 spiro atoms. The summed E-state index contributed by atoms with van der Waals surface area (Å²) >= 11 is 0. The molecule has 0 aliphatic carbocycles. The second-order valence-corrected chi connectivity index (χ2v) is 7.55. The van der Waals surface area contributed by atoms with E-state index in [0.29, 0.717) is 53.4 Å². The first-order valence-corrected chi connectivity index (χ1v) is 10.2. The Hall–Kier alpha value is -4.14. The minimum atomic E-state index is -0.423. The molecule has 0 radical (unpaired) electrons. The average Bonchev–Trinajstić information content (AvgIpc) is 3.50. The molecule has 5 rings (SSSR count). The predicted molar refractivity (Wildman–Crippen MR) is 115 cm³/mol. The number of amides is 1. The predicted octanol–water partition coefficient (Wildman–Crippen LogP) is 4.54. The van der Waals surface area contributed by atoms with Gasteiger partial charge < -0.3 is 23.8 Å². The van der Waals surface area contributed by atoms with E-state index >= 15 is 0 Å². The number of carbonyl (C=O) groups is 1. The van der Waals surface area contributed by atoms with Crippen LogP contribution in [0, 0.1) is 0 Å². The summed E-state index contributed by atoms with van der Waals surface area (Å²) in [5, 5.41) is 10.8. The van der Waals surface area contributed by atoms with E-state index in [1.165, 1.54) is 0 Å². The van der Waals surface area contributed by atoms with E-state index in [0.717, 1.165) is 5.56 Å². The van der Waals surface area contributed by atoms with Crippen molar-refractivity contribution in [2.75, 3.05) is 18.5 Å². The van der Waals surface area contributed by atoms with Gasteiger partial charge in [-0.1, -0.05) is 36.3 Å². The molecule has 9 heteroatoms. The number of nitrogens with zero attached hydrogens (tertiary/aromatic N) is 3. The summed E-state index contributed by atoms with van der Waals surface area (Å²) < 4.78 is 21.9. The molecular weight excluding hydrogens is 412 g/mol. The standard InChI is InChI=1S/C23H20N4O5/c1-13(2)21-25-23(32-27-21)15-5-3-4-6-16(15)24-22(28)17-12-19(31-26-17)14-7-8-18-20(11-14)30-10-9-29-18/h3-8,11-13H,9-10H2,1-2H3,(H,24,28). The van der Waals surface area contributed by atoms with Gasteiger partial charge in [-0.2, -0.15) is 4.98 Å². The molecule has 0 bridgehead atoms. The SMILES string of the molecule is CC(C)c1noc(-c2ccccc2NC(=O)c2cc(-c3ccc4c(c3)OCCO4)on2)n1. The van der Waals surface area contributed by atoms with E-state index in [4.69, 9.17) is 18.5 Å². The molecule has 1 N–H and O–H groups in total. The molecule has 32 heavy (non-hydrogen) atoms. The highest BCUT2D eigenvalue weighted by atomic mass is 16.6. The normalized spacial score (nSPS) is 12.7. The Balaban J connectivity index is 1.37. The van der Waals surface area contributed by atoms with Crippen molar-refractivity contribution in [2.45, 2.75) is 19.8 Å². The maximum atomic E-state index is 12.8. The number of para-hydroxylation sites is 1. The monoisotopic (exact) mass is 432 g/mol. The van der Waals surface area contributed by atoms with Gasteiger partial charge in [0.2, 0.25) is 0 Å². The van der Waals surface area contributed by atoms with Crippen LogP contribution in [0.5, 0.6) is 11.5 Å². The molecule has 4 aromatic rings. The smallest absolute Gasteiger partial charge is 0.277 e. The van der Waals surface area contributed by atoms with Crippen LogP contribution in [0.15, 0.2) is 57.6 Å². The zero-order valence-corrected chi connectivity index (χ0v) is 17.5. The minimum absolute atomic E-state index is 0.128. The Labute approximate surface area is 183 Å². The molecule has 0 saturated heterocycles. The van der Waals surface area contributed by atoms with E-state index in [2.05, 4.69) is 20.6 Å². The van der Waals surface area contributed by atoms with E-state index in [-0.39, 0.29) is 11.6 Å². The zero-order chi connectivity index (χ0) is 22.1. The lowest BCUT2D eigenvalue weighted by Gasteiger charge is -2.18. The Morgan fingerprint density at radius 3 is 2.59 bits per heavy atom. The molecule has 0 fully saturated rings. The number of anilines is 1. The molecule has 9 nitrogen and oxygen atoms in total. The third-order valence-corrected chi connectivity index (χ3v) is 4.93. The van der Waals surface area contributed by atoms with Gasteiger partial charge in [0.15, 0.2) is 28.8 Å². The van der Waals surface area contributed by atoms with Gasteiger partial charge in [-0.05, 0) is 30.3 Å². The summed E-state index contributed by atoms with van der Waals surface area (Å²) in [6.07, 6.45) is 0. The summed E-state index contributed by atoms with van der Waals surface area (Å²) in [6, 6.07) is 14.2. The second kappa shape index (κ2) is 8.18. The van der Waals surface area contributed by atoms with Crippen molar-refractivity contribution < 1.29 is 23.3 Å². The maximum absolute atomic E-state index is 12.8. The van der Waals surface area contributed by atoms with Gasteiger partial charge in [-0.15, -0.1) is 0 Å². The quantitative estimate of drug-likeness (QED) is 0.489. The van der Waals surface area contributed by atoms with Crippen molar-refractivity contribution in [3.63, 3.8) is 0 Å². The molecule has 162 valence electrons. The van der Waals surface area contributed by atoms with Gasteiger partial charge >= 0.3 is 0 Å². The highest BCUT2D eigenvalue weighted by molar-refractivity contribution is 6.05. The van der Waals surface area contributed by atoms with Crippen LogP contribution in [0.3, 0.4) is 0 Å². The lowest BCUT2D eigenvalue weighted by molar-refractivity contribution is 0.101. The summed E-state index contributed by atoms with van der Waals surface area (Å²) in [7, 11) is 0. The molecule has 2 aromatic carbocycles. The third-order valence-electron chi connectivity index (χ3n) is 4.93. The first-order valence-electron chi connectivity index (χ1n) is 10.2. The Morgan fingerprint density at radius 1 is 0.969 bits per heavy atom. The van der Waals surface area contributed by atoms with Crippen molar-refractivity contribution in [3.05, 3.63) is 60.0 Å². The fraction of sp³-hybridized carbons (Fsp3) is 0.217. The van der Waals surface area contributed by atoms with Crippen LogP contribution in [-0.4, -0.2) is 34.4 Å². The van der Waals surface area contributed by atoms with Gasteiger partial charge in [0.1, 0.15) is 13.2 Å². The highest BCUT2D eigenvalue weighted by Gasteiger charge is 2.20. The topological polar surface area (TPSA) is 113 Å². The Morgan fingerprint density at radius 2 is 1.78 bits per heavy atom. The molecule has 1 aliphatic heterocycles. The fourth-order valence-corrected chi connectivity index (χ4v) is 3.26. The van der Waals surface area contributed by atoms with Crippen molar-refractivity contribution in [3.8, 4) is 34.3 Å². The zero-order valence-electron chi connectivity index (χ0n) is 17.5. The molecule has 0 saturated carbocycles. The summed E-state index contributed by atoms with van der Waals surface area (Å²) in [6.45, 7) is 4.96. The van der Waals surface area contributed by atoms with E-state index in [1.54, 1.807) is 30.3 Å². The number of benzene rings is 2. The number of nitrogens with one attached hydrogen (secondary N) is 1. The van der Waals surface area contributed by atoms with Crippen LogP contribution < -0.4 is 14.8 Å². The number of carbonyl (C=O) groups excluding carboxylic acids is 1. The molecule has 0 atom stereocenters. The van der Waals surface area contributed by atoms with Crippen molar-refractivity contribution in [1.82, 2.24) is 15.3 Å². The first kappa shape index (κ1) is 19.8. The molecule has 1 amide bonds. The van der Waals surface area contributed by atoms with E-state index < -0.39 is 5.91 Å². The number of ether oxygens (including phenoxy) is 2. The van der Waals surface area contributed by atoms with Crippen LogP contribution in [0.4, 0.5) is 5.69 Å². The second-order valence-electron chi connectivity index (χ2n) is 7.55. The van der Waals surface area contributed by atoms with Crippen LogP contribution in [-0.2, 0) is 0 Å². The van der Waals surface area contributed by atoms with Gasteiger partial charge in [0.05, 0.1) is 11.3 Å². The van der Waals surface area contributed by atoms with Crippen LogP contribution in [0.2, 0.25) is 0 Å². The van der Waals surface area contributed by atoms with E-state index in [1.807, 2.05) is 32.0 Å². The summed E-state index contributed by atoms with van der Waals surface area (Å²) in [4.78, 5) is 17.3. The van der Waals surface area contributed by atoms with Crippen LogP contribution in [0.1, 0.15) is 36.1 Å². The fourth-order valence-electron chi connectivity index (χ4n) is 3.26. The van der Waals surface area contributed by atoms with Crippen molar-refractivity contribution in [2.24, 2.45) is 0 Å². The van der Waals surface area contributed by atoms with Gasteiger partial charge in [0, 0.05) is 17.5 Å². The average molecular weight is 432 g/mol.